The van der Waals surface area contributed by atoms with Gasteiger partial charge in [-0.25, -0.2) is 0 Å². The van der Waals surface area contributed by atoms with E-state index in [0.29, 0.717) is 11.3 Å². The Balaban J connectivity index is 1.92. The second-order valence-electron chi connectivity index (χ2n) is 6.28. The van der Waals surface area contributed by atoms with Crippen LogP contribution < -0.4 is 5.19 Å². The van der Waals surface area contributed by atoms with Gasteiger partial charge in [0.05, 0.1) is 8.07 Å². The van der Waals surface area contributed by atoms with Gasteiger partial charge in [0.1, 0.15) is 5.78 Å². The molecule has 0 aromatic heterocycles. The number of carbonyl (C=O) groups excluding carboxylic acids is 1. The zero-order chi connectivity index (χ0) is 12.1. The summed E-state index contributed by atoms with van der Waals surface area (Å²) >= 11 is 0. The van der Waals surface area contributed by atoms with Gasteiger partial charge in [-0.05, 0) is 18.4 Å². The first-order valence-corrected chi connectivity index (χ1v) is 9.74. The van der Waals surface area contributed by atoms with Gasteiger partial charge in [-0.15, -0.1) is 0 Å². The van der Waals surface area contributed by atoms with Crippen LogP contribution in [0.4, 0.5) is 0 Å². The van der Waals surface area contributed by atoms with Crippen molar-refractivity contribution in [2.24, 2.45) is 5.41 Å². The number of Topliss-reactive ketones (excluding diaryl/α,β-unsaturated/α-hetero) is 1. The van der Waals surface area contributed by atoms with Crippen LogP contribution >= 0.6 is 0 Å². The van der Waals surface area contributed by atoms with E-state index in [9.17, 15) is 4.79 Å². The Kier molecular flexibility index (Phi) is 2.34. The molecule has 2 aliphatic rings. The summed E-state index contributed by atoms with van der Waals surface area (Å²) in [4.78, 5) is 11.9. The first-order valence-electron chi connectivity index (χ1n) is 6.66. The third kappa shape index (κ3) is 1.40. The number of rotatable bonds is 2. The molecule has 0 N–H and O–H groups in total. The third-order valence-electron chi connectivity index (χ3n) is 5.25. The normalized spacial score (nSPS) is 26.5. The molecule has 90 valence electrons. The highest BCUT2D eigenvalue weighted by Gasteiger charge is 2.62. The van der Waals surface area contributed by atoms with Crippen LogP contribution in [0.5, 0.6) is 0 Å². The topological polar surface area (TPSA) is 17.1 Å². The molecule has 0 amide bonds. The number of hydrogen-bond acceptors (Lipinski definition) is 1. The highest BCUT2D eigenvalue weighted by atomic mass is 28.3. The Morgan fingerprint density at radius 3 is 2.29 bits per heavy atom. The Hall–Kier alpha value is -0.893. The van der Waals surface area contributed by atoms with Gasteiger partial charge >= 0.3 is 0 Å². The lowest BCUT2D eigenvalue weighted by Crippen LogP contribution is -2.63. The minimum absolute atomic E-state index is 0.131. The third-order valence-corrected chi connectivity index (χ3v) is 9.57. The molecule has 17 heavy (non-hydrogen) atoms. The SMILES string of the molecule is C[Si](C)(c1ccccc1)C1CC(=O)C12CCC2. The highest BCUT2D eigenvalue weighted by molar-refractivity contribution is 6.91. The molecular formula is C15H20OSi. The van der Waals surface area contributed by atoms with Crippen LogP contribution in [0.1, 0.15) is 25.7 Å². The zero-order valence-electron chi connectivity index (χ0n) is 10.7. The van der Waals surface area contributed by atoms with E-state index >= 15 is 0 Å². The van der Waals surface area contributed by atoms with Crippen molar-refractivity contribution in [3.8, 4) is 0 Å². The Morgan fingerprint density at radius 1 is 1.18 bits per heavy atom. The molecule has 1 atom stereocenters. The van der Waals surface area contributed by atoms with Crippen molar-refractivity contribution in [3.63, 3.8) is 0 Å². The van der Waals surface area contributed by atoms with Crippen LogP contribution in [-0.2, 0) is 4.79 Å². The van der Waals surface area contributed by atoms with Crippen LogP contribution in [0.2, 0.25) is 18.6 Å². The molecular weight excluding hydrogens is 224 g/mol. The van der Waals surface area contributed by atoms with E-state index in [1.165, 1.54) is 24.4 Å². The molecule has 2 fully saturated rings. The minimum Gasteiger partial charge on any atom is -0.299 e. The van der Waals surface area contributed by atoms with Crippen LogP contribution in [0.15, 0.2) is 30.3 Å². The van der Waals surface area contributed by atoms with E-state index in [2.05, 4.69) is 43.4 Å². The van der Waals surface area contributed by atoms with Crippen LogP contribution in [0, 0.1) is 5.41 Å². The smallest absolute Gasteiger partial charge is 0.139 e. The Bertz CT molecular complexity index is 445. The van der Waals surface area contributed by atoms with Crippen molar-refractivity contribution in [3.05, 3.63) is 30.3 Å². The van der Waals surface area contributed by atoms with Crippen LogP contribution in [-0.4, -0.2) is 13.9 Å². The van der Waals surface area contributed by atoms with E-state index in [1.54, 1.807) is 0 Å². The molecule has 1 spiro atoms. The lowest BCUT2D eigenvalue weighted by atomic mass is 9.55. The lowest BCUT2D eigenvalue weighted by molar-refractivity contribution is -0.145. The Morgan fingerprint density at radius 2 is 1.82 bits per heavy atom. The highest BCUT2D eigenvalue weighted by Crippen LogP contribution is 2.63. The van der Waals surface area contributed by atoms with Crippen LogP contribution in [0.3, 0.4) is 0 Å². The molecule has 1 unspecified atom stereocenters. The van der Waals surface area contributed by atoms with Crippen molar-refractivity contribution < 1.29 is 4.79 Å². The summed E-state index contributed by atoms with van der Waals surface area (Å²) in [6, 6.07) is 10.9. The predicted molar refractivity (Wildman–Crippen MR) is 73.2 cm³/mol. The maximum atomic E-state index is 11.9. The van der Waals surface area contributed by atoms with Crippen molar-refractivity contribution in [2.45, 2.75) is 44.3 Å². The molecule has 1 aromatic carbocycles. The fourth-order valence-corrected chi connectivity index (χ4v) is 7.83. The number of hydrogen-bond donors (Lipinski definition) is 0. The molecule has 1 nitrogen and oxygen atoms in total. The van der Waals surface area contributed by atoms with Gasteiger partial charge in [0, 0.05) is 11.8 Å². The van der Waals surface area contributed by atoms with Gasteiger partial charge in [-0.2, -0.15) is 0 Å². The monoisotopic (exact) mass is 244 g/mol. The summed E-state index contributed by atoms with van der Waals surface area (Å²) < 4.78 is 0. The molecule has 2 heteroatoms. The molecule has 2 saturated carbocycles. The summed E-state index contributed by atoms with van der Waals surface area (Å²) in [5, 5.41) is 1.52. The summed E-state index contributed by atoms with van der Waals surface area (Å²) in [7, 11) is -1.46. The molecule has 2 aliphatic carbocycles. The lowest BCUT2D eigenvalue weighted by Gasteiger charge is -2.59. The molecule has 0 saturated heterocycles. The van der Waals surface area contributed by atoms with Gasteiger partial charge in [-0.3, -0.25) is 4.79 Å². The molecule has 1 aromatic rings. The fourth-order valence-electron chi connectivity index (χ4n) is 3.85. The van der Waals surface area contributed by atoms with Gasteiger partial charge < -0.3 is 0 Å². The van der Waals surface area contributed by atoms with Crippen LogP contribution in [0.25, 0.3) is 0 Å². The van der Waals surface area contributed by atoms with E-state index in [0.717, 1.165) is 6.42 Å². The maximum absolute atomic E-state index is 11.9. The number of benzene rings is 1. The average Bonchev–Trinajstić information content (AvgIpc) is 2.24. The average molecular weight is 244 g/mol. The second-order valence-corrected chi connectivity index (χ2v) is 11.0. The van der Waals surface area contributed by atoms with Gasteiger partial charge in [0.25, 0.3) is 0 Å². The summed E-state index contributed by atoms with van der Waals surface area (Å²) in [6.45, 7) is 4.89. The quantitative estimate of drug-likeness (QED) is 0.731. The summed E-state index contributed by atoms with van der Waals surface area (Å²) in [5.41, 5.74) is 0.824. The first kappa shape index (κ1) is 11.2. The van der Waals surface area contributed by atoms with E-state index in [1.807, 2.05) is 0 Å². The van der Waals surface area contributed by atoms with Crippen molar-refractivity contribution in [1.29, 1.82) is 0 Å². The van der Waals surface area contributed by atoms with Gasteiger partial charge in [-0.1, -0.05) is 55.0 Å². The van der Waals surface area contributed by atoms with Crippen molar-refractivity contribution in [2.75, 3.05) is 0 Å². The second kappa shape index (κ2) is 3.55. The molecule has 0 radical (unpaired) electrons. The van der Waals surface area contributed by atoms with E-state index in [-0.39, 0.29) is 5.41 Å². The maximum Gasteiger partial charge on any atom is 0.139 e. The van der Waals surface area contributed by atoms with E-state index < -0.39 is 8.07 Å². The zero-order valence-corrected chi connectivity index (χ0v) is 11.7. The minimum atomic E-state index is -1.46. The van der Waals surface area contributed by atoms with Crippen molar-refractivity contribution in [1.82, 2.24) is 0 Å². The molecule has 0 bridgehead atoms. The fraction of sp³-hybridized carbons (Fsp3) is 0.533. The van der Waals surface area contributed by atoms with E-state index in [4.69, 9.17) is 0 Å². The predicted octanol–water partition coefficient (Wildman–Crippen LogP) is 3.12. The van der Waals surface area contributed by atoms with Gasteiger partial charge in [0.2, 0.25) is 0 Å². The molecule has 0 heterocycles. The molecule has 3 rings (SSSR count). The van der Waals surface area contributed by atoms with Gasteiger partial charge in [0.15, 0.2) is 0 Å². The standard InChI is InChI=1S/C15H20OSi/c1-17(2,12-7-4-3-5-8-12)14-11-13(16)15(14)9-6-10-15/h3-5,7-8,14H,6,9-11H2,1-2H3. The largest absolute Gasteiger partial charge is 0.299 e. The van der Waals surface area contributed by atoms with Crippen molar-refractivity contribution >= 4 is 19.0 Å². The molecule has 0 aliphatic heterocycles. The first-order chi connectivity index (χ1) is 8.07. The number of carbonyl (C=O) groups is 1. The number of ketones is 1. The Labute approximate surface area is 104 Å². The summed E-state index contributed by atoms with van der Waals surface area (Å²) in [5.74, 6) is 0.560. The summed E-state index contributed by atoms with van der Waals surface area (Å²) in [6.07, 6.45) is 4.45.